The predicted octanol–water partition coefficient (Wildman–Crippen LogP) is 4.49. The zero-order chi connectivity index (χ0) is 22.8. The third-order valence-corrected chi connectivity index (χ3v) is 6.26. The summed E-state index contributed by atoms with van der Waals surface area (Å²) >= 11 is 0. The zero-order valence-electron chi connectivity index (χ0n) is 19.4. The molecule has 4 heterocycles. The Labute approximate surface area is 193 Å². The molecule has 0 spiro atoms. The molecule has 8 heteroatoms. The first-order valence-corrected chi connectivity index (χ1v) is 11.5. The molecule has 33 heavy (non-hydrogen) atoms. The minimum atomic E-state index is 0.335. The van der Waals surface area contributed by atoms with E-state index in [1.807, 2.05) is 18.5 Å². The third kappa shape index (κ3) is 4.80. The van der Waals surface area contributed by atoms with Gasteiger partial charge in [0.1, 0.15) is 5.52 Å². The Morgan fingerprint density at radius 1 is 1.09 bits per heavy atom. The van der Waals surface area contributed by atoms with E-state index in [0.717, 1.165) is 49.5 Å². The molecule has 0 saturated carbocycles. The molecule has 0 unspecified atom stereocenters. The van der Waals surface area contributed by atoms with Crippen LogP contribution in [0.1, 0.15) is 35.1 Å². The van der Waals surface area contributed by atoms with Crippen molar-refractivity contribution in [2.75, 3.05) is 23.7 Å². The smallest absolute Gasteiger partial charge is 0.227 e. The van der Waals surface area contributed by atoms with Crippen LogP contribution in [0, 0.1) is 20.8 Å². The Balaban J connectivity index is 1.30. The Kier molecular flexibility index (Phi) is 5.92. The molecule has 4 aromatic rings. The molecule has 0 bridgehead atoms. The number of nitrogens with one attached hydrogen (secondary N) is 3. The van der Waals surface area contributed by atoms with Gasteiger partial charge < -0.3 is 15.6 Å². The molecule has 0 radical (unpaired) electrons. The van der Waals surface area contributed by atoms with Crippen LogP contribution in [0.5, 0.6) is 0 Å². The number of likely N-dealkylation sites (tertiary alicyclic amines) is 1. The van der Waals surface area contributed by atoms with E-state index >= 15 is 0 Å². The molecule has 3 aromatic heterocycles. The minimum absolute atomic E-state index is 0.335. The highest BCUT2D eigenvalue weighted by atomic mass is 15.2. The van der Waals surface area contributed by atoms with Gasteiger partial charge in [-0.2, -0.15) is 9.97 Å². The summed E-state index contributed by atoms with van der Waals surface area (Å²) in [5.41, 5.74) is 7.43. The highest BCUT2D eigenvalue weighted by Crippen LogP contribution is 2.29. The van der Waals surface area contributed by atoms with Crippen molar-refractivity contribution in [3.8, 4) is 0 Å². The number of piperidine rings is 1. The predicted molar refractivity (Wildman–Crippen MR) is 132 cm³/mol. The van der Waals surface area contributed by atoms with Gasteiger partial charge in [-0.05, 0) is 56.4 Å². The van der Waals surface area contributed by atoms with E-state index in [-0.39, 0.29) is 0 Å². The molecule has 1 aliphatic rings. The van der Waals surface area contributed by atoms with Crippen molar-refractivity contribution in [2.24, 2.45) is 0 Å². The number of benzene rings is 1. The fourth-order valence-electron chi connectivity index (χ4n) is 4.65. The zero-order valence-corrected chi connectivity index (χ0v) is 19.4. The van der Waals surface area contributed by atoms with Gasteiger partial charge in [0.15, 0.2) is 11.5 Å². The molecule has 3 N–H and O–H groups in total. The lowest BCUT2D eigenvalue weighted by Crippen LogP contribution is -2.39. The summed E-state index contributed by atoms with van der Waals surface area (Å²) < 4.78 is 0. The van der Waals surface area contributed by atoms with E-state index in [2.05, 4.69) is 74.4 Å². The molecule has 0 aliphatic carbocycles. The Morgan fingerprint density at radius 2 is 1.88 bits per heavy atom. The summed E-state index contributed by atoms with van der Waals surface area (Å²) in [6, 6.07) is 8.83. The van der Waals surface area contributed by atoms with Gasteiger partial charge in [-0.1, -0.05) is 23.8 Å². The van der Waals surface area contributed by atoms with Crippen LogP contribution in [-0.4, -0.2) is 49.0 Å². The van der Waals surface area contributed by atoms with Crippen molar-refractivity contribution in [1.82, 2.24) is 29.8 Å². The standard InChI is InChI=1S/C25H30N8/c1-16-11-17(2)21(18(3)12-16)30-24-22-23(28-15-27-22)31-25(32-24)29-20-6-9-33(10-7-20)14-19-5-4-8-26-13-19/h4-5,8,11-13,15,20H,6-7,9-10,14H2,1-3H3,(H3,27,28,29,30,31,32). The number of nitrogens with zero attached hydrogens (tertiary/aromatic N) is 5. The number of pyridine rings is 1. The van der Waals surface area contributed by atoms with Crippen molar-refractivity contribution < 1.29 is 0 Å². The van der Waals surface area contributed by atoms with Crippen LogP contribution in [-0.2, 0) is 6.54 Å². The van der Waals surface area contributed by atoms with Crippen molar-refractivity contribution in [1.29, 1.82) is 0 Å². The molecule has 8 nitrogen and oxygen atoms in total. The second kappa shape index (κ2) is 9.15. The first-order valence-electron chi connectivity index (χ1n) is 11.5. The fraction of sp³-hybridized carbons (Fsp3) is 0.360. The lowest BCUT2D eigenvalue weighted by atomic mass is 10.0. The Morgan fingerprint density at radius 3 is 2.61 bits per heavy atom. The monoisotopic (exact) mass is 442 g/mol. The maximum Gasteiger partial charge on any atom is 0.227 e. The number of aromatic amines is 1. The summed E-state index contributed by atoms with van der Waals surface area (Å²) in [6.07, 6.45) is 7.52. The van der Waals surface area contributed by atoms with Crippen molar-refractivity contribution >= 4 is 28.6 Å². The molecule has 5 rings (SSSR count). The third-order valence-electron chi connectivity index (χ3n) is 6.26. The quantitative estimate of drug-likeness (QED) is 0.405. The molecule has 1 fully saturated rings. The van der Waals surface area contributed by atoms with E-state index in [0.29, 0.717) is 17.6 Å². The lowest BCUT2D eigenvalue weighted by molar-refractivity contribution is 0.211. The van der Waals surface area contributed by atoms with Crippen LogP contribution in [0.15, 0.2) is 43.0 Å². The Hall–Kier alpha value is -3.52. The van der Waals surface area contributed by atoms with Gasteiger partial charge in [0.25, 0.3) is 0 Å². The molecular weight excluding hydrogens is 412 g/mol. The number of imidazole rings is 1. The maximum atomic E-state index is 4.83. The van der Waals surface area contributed by atoms with E-state index in [9.17, 15) is 0 Å². The topological polar surface area (TPSA) is 94.7 Å². The molecule has 0 amide bonds. The summed E-state index contributed by atoms with van der Waals surface area (Å²) in [4.78, 5) is 23.8. The van der Waals surface area contributed by atoms with Crippen molar-refractivity contribution in [2.45, 2.75) is 46.2 Å². The van der Waals surface area contributed by atoms with E-state index in [1.54, 1.807) is 6.33 Å². The second-order valence-corrected chi connectivity index (χ2v) is 8.95. The van der Waals surface area contributed by atoms with Crippen molar-refractivity contribution in [3.05, 3.63) is 65.2 Å². The molecular formula is C25H30N8. The van der Waals surface area contributed by atoms with Crippen LogP contribution in [0.3, 0.4) is 0 Å². The maximum absolute atomic E-state index is 4.83. The van der Waals surface area contributed by atoms with Crippen LogP contribution in [0.25, 0.3) is 11.2 Å². The summed E-state index contributed by atoms with van der Waals surface area (Å²) in [5, 5.41) is 7.09. The number of aromatic nitrogens is 5. The highest BCUT2D eigenvalue weighted by Gasteiger charge is 2.21. The Bertz CT molecular complexity index is 1220. The van der Waals surface area contributed by atoms with Gasteiger partial charge in [-0.25, -0.2) is 4.98 Å². The van der Waals surface area contributed by atoms with Crippen LogP contribution in [0.4, 0.5) is 17.5 Å². The van der Waals surface area contributed by atoms with Crippen LogP contribution in [0.2, 0.25) is 0 Å². The summed E-state index contributed by atoms with van der Waals surface area (Å²) in [6.45, 7) is 9.36. The molecule has 0 atom stereocenters. The summed E-state index contributed by atoms with van der Waals surface area (Å²) in [5.74, 6) is 1.36. The summed E-state index contributed by atoms with van der Waals surface area (Å²) in [7, 11) is 0. The first-order chi connectivity index (χ1) is 16.0. The number of hydrogen-bond acceptors (Lipinski definition) is 7. The highest BCUT2D eigenvalue weighted by molar-refractivity contribution is 5.87. The number of hydrogen-bond donors (Lipinski definition) is 3. The van der Waals surface area contributed by atoms with Crippen LogP contribution < -0.4 is 10.6 Å². The molecule has 1 aromatic carbocycles. The first kappa shape index (κ1) is 21.3. The van der Waals surface area contributed by atoms with E-state index in [4.69, 9.17) is 4.98 Å². The van der Waals surface area contributed by atoms with Gasteiger partial charge in [0, 0.05) is 43.8 Å². The minimum Gasteiger partial charge on any atom is -0.351 e. The van der Waals surface area contributed by atoms with Gasteiger partial charge in [-0.15, -0.1) is 0 Å². The lowest BCUT2D eigenvalue weighted by Gasteiger charge is -2.32. The second-order valence-electron chi connectivity index (χ2n) is 8.95. The van der Waals surface area contributed by atoms with Gasteiger partial charge in [0.05, 0.1) is 6.33 Å². The number of anilines is 3. The number of rotatable bonds is 6. The average Bonchev–Trinajstić information content (AvgIpc) is 3.27. The normalized spacial score (nSPS) is 15.1. The SMILES string of the molecule is Cc1cc(C)c(Nc2nc(NC3CCN(Cc4cccnc4)CC3)nc3nc[nH]c23)c(C)c1. The van der Waals surface area contributed by atoms with Crippen LogP contribution >= 0.6 is 0 Å². The molecule has 170 valence electrons. The van der Waals surface area contributed by atoms with Gasteiger partial charge in [-0.3, -0.25) is 9.88 Å². The van der Waals surface area contributed by atoms with Gasteiger partial charge >= 0.3 is 0 Å². The fourth-order valence-corrected chi connectivity index (χ4v) is 4.65. The number of fused-ring (bicyclic) bond motifs is 1. The average molecular weight is 443 g/mol. The van der Waals surface area contributed by atoms with E-state index < -0.39 is 0 Å². The molecule has 1 saturated heterocycles. The van der Waals surface area contributed by atoms with Crippen molar-refractivity contribution in [3.63, 3.8) is 0 Å². The number of aryl methyl sites for hydroxylation is 3. The molecule has 1 aliphatic heterocycles. The van der Waals surface area contributed by atoms with E-state index in [1.165, 1.54) is 22.3 Å². The largest absolute Gasteiger partial charge is 0.351 e. The number of H-pyrrole nitrogens is 1. The van der Waals surface area contributed by atoms with Gasteiger partial charge in [0.2, 0.25) is 5.95 Å².